The van der Waals surface area contributed by atoms with Gasteiger partial charge in [0.15, 0.2) is 0 Å². The lowest BCUT2D eigenvalue weighted by Gasteiger charge is -1.99. The zero-order valence-corrected chi connectivity index (χ0v) is 7.87. The topological polar surface area (TPSA) is 9.23 Å². The van der Waals surface area contributed by atoms with Gasteiger partial charge >= 0.3 is 0 Å². The Bertz CT molecular complexity index is 60.9. The Kier molecular flexibility index (Phi) is 7.45. The first kappa shape index (κ1) is 9.76. The number of halogens is 2. The highest BCUT2D eigenvalue weighted by Gasteiger charge is 1.99. The molecule has 2 radical (unpaired) electrons. The maximum atomic E-state index is 5.41. The summed E-state index contributed by atoms with van der Waals surface area (Å²) in [5, 5.41) is 0. The quantitative estimate of drug-likeness (QED) is 0.362. The van der Waals surface area contributed by atoms with Crippen LogP contribution >= 0.6 is 23.2 Å². The Labute approximate surface area is 68.6 Å². The summed E-state index contributed by atoms with van der Waals surface area (Å²) in [5.74, 6) is 0. The van der Waals surface area contributed by atoms with Crippen LogP contribution in [0, 0.1) is 0 Å². The van der Waals surface area contributed by atoms with Crippen molar-refractivity contribution in [2.45, 2.75) is 24.2 Å². The van der Waals surface area contributed by atoms with Gasteiger partial charge in [0.1, 0.15) is 4.46 Å². The fourth-order valence-corrected chi connectivity index (χ4v) is 1.10. The number of hydrogen-bond donors (Lipinski definition) is 0. The molecule has 0 atom stereocenters. The normalized spacial score (nSPS) is 10.7. The Balaban J connectivity index is 2.75. The Morgan fingerprint density at radius 3 is 2.67 bits per heavy atom. The number of rotatable bonds is 5. The van der Waals surface area contributed by atoms with Gasteiger partial charge in [-0.25, -0.2) is 0 Å². The van der Waals surface area contributed by atoms with Crippen molar-refractivity contribution in [3.8, 4) is 0 Å². The van der Waals surface area contributed by atoms with Crippen LogP contribution in [0.25, 0.3) is 0 Å². The molecule has 0 N–H and O–H groups in total. The lowest BCUT2D eigenvalue weighted by Crippen LogP contribution is -2.07. The maximum Gasteiger partial charge on any atom is 0.266 e. The van der Waals surface area contributed by atoms with Gasteiger partial charge < -0.3 is 4.43 Å². The minimum Gasteiger partial charge on any atom is -0.415 e. The van der Waals surface area contributed by atoms with E-state index in [2.05, 4.69) is 6.92 Å². The van der Waals surface area contributed by atoms with E-state index >= 15 is 0 Å². The zero-order chi connectivity index (χ0) is 7.11. The van der Waals surface area contributed by atoms with Crippen LogP contribution in [0.1, 0.15) is 19.8 Å². The van der Waals surface area contributed by atoms with Gasteiger partial charge in [-0.2, -0.15) is 0 Å². The SMILES string of the molecule is CCCCO[Si]C(Cl)Cl. The lowest BCUT2D eigenvalue weighted by molar-refractivity contribution is 0.327. The minimum absolute atomic E-state index is 0.229. The predicted octanol–water partition coefficient (Wildman–Crippen LogP) is 2.18. The largest absolute Gasteiger partial charge is 0.415 e. The van der Waals surface area contributed by atoms with E-state index in [0.717, 1.165) is 19.4 Å². The fraction of sp³-hybridized carbons (Fsp3) is 1.00. The highest BCUT2D eigenvalue weighted by atomic mass is 35.5. The highest BCUT2D eigenvalue weighted by molar-refractivity contribution is 6.65. The molecule has 0 aliphatic heterocycles. The molecular weight excluding hydrogens is 175 g/mol. The molecular formula is C5H10Cl2OSi. The van der Waals surface area contributed by atoms with Crippen molar-refractivity contribution in [2.75, 3.05) is 6.61 Å². The first-order valence-electron chi connectivity index (χ1n) is 2.93. The number of unbranched alkanes of at least 4 members (excludes halogenated alkanes) is 1. The Morgan fingerprint density at radius 2 is 2.22 bits per heavy atom. The van der Waals surface area contributed by atoms with Crippen LogP contribution in [0.2, 0.25) is 0 Å². The molecule has 0 aromatic carbocycles. The second-order valence-corrected chi connectivity index (χ2v) is 4.55. The molecule has 0 saturated carbocycles. The van der Waals surface area contributed by atoms with E-state index < -0.39 is 0 Å². The number of hydrogen-bond acceptors (Lipinski definition) is 1. The first-order valence-corrected chi connectivity index (χ1v) is 4.78. The average Bonchev–Trinajstić information content (AvgIpc) is 1.80. The molecule has 0 heterocycles. The van der Waals surface area contributed by atoms with Crippen LogP contribution in [-0.2, 0) is 4.43 Å². The second-order valence-electron chi connectivity index (χ2n) is 1.62. The van der Waals surface area contributed by atoms with Crippen molar-refractivity contribution in [2.24, 2.45) is 0 Å². The van der Waals surface area contributed by atoms with Crippen molar-refractivity contribution in [1.29, 1.82) is 0 Å². The summed E-state index contributed by atoms with van der Waals surface area (Å²) in [5.41, 5.74) is 0. The third-order valence-corrected chi connectivity index (χ3v) is 1.86. The summed E-state index contributed by atoms with van der Waals surface area (Å²) in [6, 6.07) is 0. The number of alkyl halides is 2. The van der Waals surface area contributed by atoms with Gasteiger partial charge in [0, 0.05) is 6.61 Å². The third kappa shape index (κ3) is 8.76. The molecule has 0 aromatic rings. The Morgan fingerprint density at radius 1 is 1.56 bits per heavy atom. The van der Waals surface area contributed by atoms with Crippen molar-refractivity contribution in [3.63, 3.8) is 0 Å². The molecule has 0 spiro atoms. The summed E-state index contributed by atoms with van der Waals surface area (Å²) in [4.78, 5) is 0. The Hall–Kier alpha value is 0.757. The average molecular weight is 185 g/mol. The third-order valence-electron chi connectivity index (χ3n) is 0.772. The van der Waals surface area contributed by atoms with Crippen molar-refractivity contribution < 1.29 is 4.43 Å². The predicted molar refractivity (Wildman–Crippen MR) is 42.1 cm³/mol. The molecule has 4 heteroatoms. The maximum absolute atomic E-state index is 5.41. The first-order chi connectivity index (χ1) is 4.27. The fourth-order valence-electron chi connectivity index (χ4n) is 0.338. The van der Waals surface area contributed by atoms with Crippen LogP contribution in [0.15, 0.2) is 0 Å². The van der Waals surface area contributed by atoms with E-state index in [4.69, 9.17) is 27.6 Å². The molecule has 0 aromatic heterocycles. The molecule has 0 fully saturated rings. The molecule has 0 unspecified atom stereocenters. The molecule has 9 heavy (non-hydrogen) atoms. The molecule has 0 saturated heterocycles. The molecule has 54 valence electrons. The van der Waals surface area contributed by atoms with Gasteiger partial charge in [0.05, 0.1) is 0 Å². The molecule has 0 aliphatic carbocycles. The van der Waals surface area contributed by atoms with Crippen LogP contribution in [-0.4, -0.2) is 20.8 Å². The molecule has 0 bridgehead atoms. The molecule has 1 nitrogen and oxygen atoms in total. The van der Waals surface area contributed by atoms with Crippen molar-refractivity contribution in [3.05, 3.63) is 0 Å². The molecule has 0 rings (SSSR count). The summed E-state index contributed by atoms with van der Waals surface area (Å²) in [6.45, 7) is 2.90. The monoisotopic (exact) mass is 184 g/mol. The smallest absolute Gasteiger partial charge is 0.266 e. The van der Waals surface area contributed by atoms with E-state index in [1.165, 1.54) is 0 Å². The van der Waals surface area contributed by atoms with E-state index in [-0.39, 0.29) is 14.2 Å². The van der Waals surface area contributed by atoms with E-state index in [1.54, 1.807) is 0 Å². The van der Waals surface area contributed by atoms with Gasteiger partial charge in [0.2, 0.25) is 0 Å². The van der Waals surface area contributed by atoms with E-state index in [0.29, 0.717) is 0 Å². The molecule has 0 aliphatic rings. The van der Waals surface area contributed by atoms with E-state index in [1.807, 2.05) is 0 Å². The minimum atomic E-state index is -0.346. The summed E-state index contributed by atoms with van der Waals surface area (Å²) >= 11 is 10.8. The van der Waals surface area contributed by atoms with Crippen molar-refractivity contribution >= 4 is 33.0 Å². The standard InChI is InChI=1S/C5H10Cl2OSi/c1-2-3-4-8-9-5(6)7/h5H,2-4H2,1H3. The van der Waals surface area contributed by atoms with Gasteiger partial charge in [-0.15, -0.1) is 23.2 Å². The van der Waals surface area contributed by atoms with Gasteiger partial charge in [-0.05, 0) is 6.42 Å². The van der Waals surface area contributed by atoms with Gasteiger partial charge in [0.25, 0.3) is 9.76 Å². The van der Waals surface area contributed by atoms with Gasteiger partial charge in [-0.1, -0.05) is 13.3 Å². The van der Waals surface area contributed by atoms with Crippen LogP contribution in [0.4, 0.5) is 0 Å². The zero-order valence-electron chi connectivity index (χ0n) is 5.36. The van der Waals surface area contributed by atoms with Crippen LogP contribution in [0.3, 0.4) is 0 Å². The lowest BCUT2D eigenvalue weighted by atomic mass is 10.4. The van der Waals surface area contributed by atoms with Gasteiger partial charge in [-0.3, -0.25) is 0 Å². The van der Waals surface area contributed by atoms with Crippen LogP contribution < -0.4 is 0 Å². The summed E-state index contributed by atoms with van der Waals surface area (Å²) < 4.78 is 4.75. The van der Waals surface area contributed by atoms with E-state index in [9.17, 15) is 0 Å². The highest BCUT2D eigenvalue weighted by Crippen LogP contribution is 1.99. The molecule has 0 amide bonds. The van der Waals surface area contributed by atoms with Crippen molar-refractivity contribution in [1.82, 2.24) is 0 Å². The summed E-state index contributed by atoms with van der Waals surface area (Å²) in [6.07, 6.45) is 2.24. The second kappa shape index (κ2) is 6.87. The summed E-state index contributed by atoms with van der Waals surface area (Å²) in [7, 11) is 0.229. The van der Waals surface area contributed by atoms with Crippen LogP contribution in [0.5, 0.6) is 0 Å².